The number of aromatic nitrogens is 1. The molecular weight excluding hydrogens is 268 g/mol. The maximum atomic E-state index is 6.01. The van der Waals surface area contributed by atoms with Crippen molar-refractivity contribution in [1.82, 2.24) is 4.98 Å². The molecule has 0 aliphatic heterocycles. The molecule has 2 nitrogen and oxygen atoms in total. The van der Waals surface area contributed by atoms with E-state index in [1.54, 1.807) is 28.2 Å². The molecule has 2 rings (SSSR count). The van der Waals surface area contributed by atoms with Gasteiger partial charge in [-0.1, -0.05) is 0 Å². The Morgan fingerprint density at radius 3 is 2.85 bits per heavy atom. The van der Waals surface area contributed by atoms with Gasteiger partial charge in [0.15, 0.2) is 0 Å². The van der Waals surface area contributed by atoms with Gasteiger partial charge in [-0.3, -0.25) is 0 Å². The summed E-state index contributed by atoms with van der Waals surface area (Å²) in [5.74, 6) is 0. The Hall–Kier alpha value is -0.230. The molecule has 0 aliphatic rings. The molecule has 5 heteroatoms. The van der Waals surface area contributed by atoms with Crippen molar-refractivity contribution < 1.29 is 0 Å². The maximum absolute atomic E-state index is 6.01. The van der Waals surface area contributed by atoms with Crippen LogP contribution in [-0.2, 0) is 0 Å². The summed E-state index contributed by atoms with van der Waals surface area (Å²) in [6.07, 6.45) is 0. The van der Waals surface area contributed by atoms with Crippen molar-refractivity contribution in [2.45, 2.75) is 6.04 Å². The van der Waals surface area contributed by atoms with Crippen LogP contribution in [0.15, 0.2) is 26.8 Å². The second-order valence-electron chi connectivity index (χ2n) is 2.53. The maximum Gasteiger partial charge on any atom is 0.0829 e. The molecule has 0 radical (unpaired) electrons. The van der Waals surface area contributed by atoms with Crippen LogP contribution < -0.4 is 5.73 Å². The molecule has 2 aromatic heterocycles. The molecular formula is C8H7BrN2S2. The van der Waals surface area contributed by atoms with E-state index in [0.717, 1.165) is 14.4 Å². The van der Waals surface area contributed by atoms with Crippen molar-refractivity contribution in [2.75, 3.05) is 0 Å². The Kier molecular flexibility index (Phi) is 2.78. The number of hydrogen-bond acceptors (Lipinski definition) is 4. The molecule has 0 saturated heterocycles. The number of halogens is 1. The first-order chi connectivity index (χ1) is 6.27. The molecule has 0 spiro atoms. The third kappa shape index (κ3) is 1.99. The van der Waals surface area contributed by atoms with Gasteiger partial charge in [0.25, 0.3) is 0 Å². The fourth-order valence-corrected chi connectivity index (χ4v) is 3.04. The van der Waals surface area contributed by atoms with Crippen molar-refractivity contribution >= 4 is 38.6 Å². The van der Waals surface area contributed by atoms with Crippen LogP contribution in [0.2, 0.25) is 0 Å². The van der Waals surface area contributed by atoms with E-state index in [4.69, 9.17) is 5.73 Å². The molecule has 68 valence electrons. The number of nitrogens with zero attached hydrogens (tertiary/aromatic N) is 1. The van der Waals surface area contributed by atoms with Gasteiger partial charge < -0.3 is 5.73 Å². The molecule has 0 fully saturated rings. The first-order valence-electron chi connectivity index (χ1n) is 3.66. The highest BCUT2D eigenvalue weighted by molar-refractivity contribution is 9.11. The van der Waals surface area contributed by atoms with Gasteiger partial charge in [0.2, 0.25) is 0 Å². The summed E-state index contributed by atoms with van der Waals surface area (Å²) < 4.78 is 1.10. The SMILES string of the molecule is NC(c1cscn1)c1ccc(Br)s1. The van der Waals surface area contributed by atoms with E-state index in [2.05, 4.69) is 20.9 Å². The van der Waals surface area contributed by atoms with Gasteiger partial charge in [0.1, 0.15) is 0 Å². The highest BCUT2D eigenvalue weighted by atomic mass is 79.9. The third-order valence-electron chi connectivity index (χ3n) is 1.67. The first-order valence-corrected chi connectivity index (χ1v) is 6.21. The summed E-state index contributed by atoms with van der Waals surface area (Å²) in [6, 6.07) is 3.95. The summed E-state index contributed by atoms with van der Waals surface area (Å²) in [6.45, 7) is 0. The predicted molar refractivity (Wildman–Crippen MR) is 60.2 cm³/mol. The summed E-state index contributed by atoms with van der Waals surface area (Å²) >= 11 is 6.63. The lowest BCUT2D eigenvalue weighted by Crippen LogP contribution is -2.10. The third-order valence-corrected chi connectivity index (χ3v) is 3.98. The van der Waals surface area contributed by atoms with E-state index in [-0.39, 0.29) is 6.04 Å². The van der Waals surface area contributed by atoms with Crippen LogP contribution in [0.5, 0.6) is 0 Å². The number of hydrogen-bond donors (Lipinski definition) is 1. The topological polar surface area (TPSA) is 38.9 Å². The predicted octanol–water partition coefficient (Wildman–Crippen LogP) is 3.02. The lowest BCUT2D eigenvalue weighted by atomic mass is 10.2. The van der Waals surface area contributed by atoms with Crippen molar-refractivity contribution in [3.8, 4) is 0 Å². The van der Waals surface area contributed by atoms with E-state index in [1.807, 2.05) is 17.5 Å². The first kappa shape index (κ1) is 9.33. The van der Waals surface area contributed by atoms with Crippen molar-refractivity contribution in [3.63, 3.8) is 0 Å². The lowest BCUT2D eigenvalue weighted by molar-refractivity contribution is 0.858. The Morgan fingerprint density at radius 1 is 1.46 bits per heavy atom. The summed E-state index contributed by atoms with van der Waals surface area (Å²) in [4.78, 5) is 5.32. The van der Waals surface area contributed by atoms with E-state index in [1.165, 1.54) is 0 Å². The summed E-state index contributed by atoms with van der Waals surface area (Å²) in [7, 11) is 0. The molecule has 0 aromatic carbocycles. The molecule has 2 N–H and O–H groups in total. The molecule has 0 bridgehead atoms. The van der Waals surface area contributed by atoms with Crippen LogP contribution in [0.3, 0.4) is 0 Å². The number of thiazole rings is 1. The van der Waals surface area contributed by atoms with Crippen molar-refractivity contribution in [2.24, 2.45) is 5.73 Å². The van der Waals surface area contributed by atoms with Crippen molar-refractivity contribution in [1.29, 1.82) is 0 Å². The van der Waals surface area contributed by atoms with Gasteiger partial charge in [-0.15, -0.1) is 22.7 Å². The van der Waals surface area contributed by atoms with E-state index in [0.29, 0.717) is 0 Å². The van der Waals surface area contributed by atoms with Crippen LogP contribution in [0.4, 0.5) is 0 Å². The molecule has 1 atom stereocenters. The normalized spacial score (nSPS) is 13.1. The number of thiophene rings is 1. The minimum atomic E-state index is -0.0810. The average molecular weight is 275 g/mol. The monoisotopic (exact) mass is 274 g/mol. The Morgan fingerprint density at radius 2 is 2.31 bits per heavy atom. The smallest absolute Gasteiger partial charge is 0.0829 e. The Bertz CT molecular complexity index is 383. The second-order valence-corrected chi connectivity index (χ2v) is 5.75. The zero-order valence-electron chi connectivity index (χ0n) is 6.61. The molecule has 1 unspecified atom stereocenters. The summed E-state index contributed by atoms with van der Waals surface area (Å²) in [5.41, 5.74) is 8.76. The largest absolute Gasteiger partial charge is 0.318 e. The quantitative estimate of drug-likeness (QED) is 0.915. The zero-order chi connectivity index (χ0) is 9.26. The fraction of sp³-hybridized carbons (Fsp3) is 0.125. The van der Waals surface area contributed by atoms with Crippen LogP contribution in [0.25, 0.3) is 0 Å². The van der Waals surface area contributed by atoms with Gasteiger partial charge in [-0.05, 0) is 28.1 Å². The van der Waals surface area contributed by atoms with E-state index in [9.17, 15) is 0 Å². The molecule has 13 heavy (non-hydrogen) atoms. The van der Waals surface area contributed by atoms with Crippen LogP contribution in [0, 0.1) is 0 Å². The minimum Gasteiger partial charge on any atom is -0.318 e. The summed E-state index contributed by atoms with van der Waals surface area (Å²) in [5, 5.41) is 1.98. The van der Waals surface area contributed by atoms with E-state index < -0.39 is 0 Å². The van der Waals surface area contributed by atoms with Crippen LogP contribution >= 0.6 is 38.6 Å². The van der Waals surface area contributed by atoms with Crippen LogP contribution in [-0.4, -0.2) is 4.98 Å². The highest BCUT2D eigenvalue weighted by Crippen LogP contribution is 2.29. The second kappa shape index (κ2) is 3.88. The fourth-order valence-electron chi connectivity index (χ4n) is 1.02. The van der Waals surface area contributed by atoms with Gasteiger partial charge in [0.05, 0.1) is 21.0 Å². The van der Waals surface area contributed by atoms with E-state index >= 15 is 0 Å². The molecule has 2 heterocycles. The Labute approximate surface area is 92.6 Å². The highest BCUT2D eigenvalue weighted by Gasteiger charge is 2.12. The molecule has 2 aromatic rings. The molecule has 0 aliphatic carbocycles. The number of nitrogens with two attached hydrogens (primary N) is 1. The standard InChI is InChI=1S/C8H7BrN2S2/c9-7-2-1-6(13-7)8(10)5-3-12-4-11-5/h1-4,8H,10H2. The molecule has 0 amide bonds. The minimum absolute atomic E-state index is 0.0810. The van der Waals surface area contributed by atoms with Gasteiger partial charge >= 0.3 is 0 Å². The zero-order valence-corrected chi connectivity index (χ0v) is 9.82. The molecule has 0 saturated carbocycles. The van der Waals surface area contributed by atoms with Gasteiger partial charge in [-0.25, -0.2) is 4.98 Å². The Balaban J connectivity index is 2.28. The lowest BCUT2D eigenvalue weighted by Gasteiger charge is -2.04. The van der Waals surface area contributed by atoms with Crippen LogP contribution in [0.1, 0.15) is 16.6 Å². The van der Waals surface area contributed by atoms with Gasteiger partial charge in [-0.2, -0.15) is 0 Å². The van der Waals surface area contributed by atoms with Crippen molar-refractivity contribution in [3.05, 3.63) is 37.4 Å². The average Bonchev–Trinajstić information content (AvgIpc) is 2.72. The van der Waals surface area contributed by atoms with Gasteiger partial charge in [0, 0.05) is 10.3 Å². The number of rotatable bonds is 2.